The van der Waals surface area contributed by atoms with Crippen molar-refractivity contribution >= 4 is 37.7 Å². The zero-order chi connectivity index (χ0) is 27.4. The Hall–Kier alpha value is -3.02. The molecule has 4 rings (SSSR count). The number of hydrogen-bond acceptors (Lipinski definition) is 6. The first kappa shape index (κ1) is 28.0. The Labute approximate surface area is 226 Å². The van der Waals surface area contributed by atoms with Crippen LogP contribution >= 0.6 is 11.6 Å². The molecule has 0 saturated carbocycles. The maximum Gasteiger partial charge on any atom is 0.231 e. The lowest BCUT2D eigenvalue weighted by atomic mass is 9.98. The summed E-state index contributed by atoms with van der Waals surface area (Å²) in [5, 5.41) is 11.9. The van der Waals surface area contributed by atoms with Crippen LogP contribution in [0.15, 0.2) is 30.6 Å². The number of amides is 1. The summed E-state index contributed by atoms with van der Waals surface area (Å²) in [6.45, 7) is 7.79. The van der Waals surface area contributed by atoms with E-state index in [1.165, 1.54) is 6.20 Å². The van der Waals surface area contributed by atoms with Gasteiger partial charge in [0.25, 0.3) is 0 Å². The summed E-state index contributed by atoms with van der Waals surface area (Å²) in [5.41, 5.74) is 2.12. The molecule has 1 fully saturated rings. The maximum atomic E-state index is 14.0. The van der Waals surface area contributed by atoms with Crippen molar-refractivity contribution < 1.29 is 23.1 Å². The average Bonchev–Trinajstić information content (AvgIpc) is 3.40. The molecule has 0 spiro atoms. The van der Waals surface area contributed by atoms with E-state index in [1.54, 1.807) is 21.8 Å². The minimum Gasteiger partial charge on any atom is -0.359 e. The van der Waals surface area contributed by atoms with E-state index in [0.717, 1.165) is 24.5 Å². The van der Waals surface area contributed by atoms with Crippen molar-refractivity contribution in [3.8, 4) is 11.3 Å². The number of aromatic nitrogens is 4. The molecule has 3 aromatic rings. The zero-order valence-electron chi connectivity index (χ0n) is 21.6. The van der Waals surface area contributed by atoms with Crippen molar-refractivity contribution in [1.82, 2.24) is 20.0 Å². The van der Waals surface area contributed by atoms with Gasteiger partial charge in [-0.05, 0) is 42.6 Å². The van der Waals surface area contributed by atoms with Crippen LogP contribution in [-0.4, -0.2) is 53.4 Å². The molecule has 0 radical (unpaired) electrons. The van der Waals surface area contributed by atoms with Crippen molar-refractivity contribution in [2.75, 3.05) is 18.1 Å². The van der Waals surface area contributed by atoms with Gasteiger partial charge in [0.15, 0.2) is 0 Å². The fraction of sp³-hybridized carbons (Fsp3) is 0.423. The number of ether oxygens (including phenoxy) is 1. The van der Waals surface area contributed by atoms with Crippen LogP contribution in [0.1, 0.15) is 17.5 Å². The third-order valence-electron chi connectivity index (χ3n) is 6.47. The molecule has 1 unspecified atom stereocenters. The molecule has 0 N–H and O–H groups in total. The van der Waals surface area contributed by atoms with Gasteiger partial charge in [0.1, 0.15) is 35.5 Å². The summed E-state index contributed by atoms with van der Waals surface area (Å²) < 4.78 is 35.6. The quantitative estimate of drug-likeness (QED) is 0.143. The van der Waals surface area contributed by atoms with Gasteiger partial charge in [-0.1, -0.05) is 31.2 Å². The number of rotatable bonds is 11. The number of benzene rings is 1. The minimum atomic E-state index is -1.32. The number of anilines is 1. The molecule has 202 valence electrons. The molecule has 0 bridgehead atoms. The SMILES string of the molecule is C[Si](C)(C)CCOCn1nc(-c2ccnnc2)c(CC=O)c1N1CCC(Cc2cc(F)c(Cl)c(F)c2)C1=O. The molecule has 3 heterocycles. The average molecular weight is 562 g/mol. The van der Waals surface area contributed by atoms with E-state index in [-0.39, 0.29) is 25.5 Å². The van der Waals surface area contributed by atoms with Crippen molar-refractivity contribution in [3.05, 3.63) is 58.4 Å². The largest absolute Gasteiger partial charge is 0.359 e. The highest BCUT2D eigenvalue weighted by Crippen LogP contribution is 2.36. The van der Waals surface area contributed by atoms with Crippen LogP contribution in [-0.2, 0) is 33.9 Å². The predicted molar refractivity (Wildman–Crippen MR) is 143 cm³/mol. The van der Waals surface area contributed by atoms with E-state index < -0.39 is 30.6 Å². The van der Waals surface area contributed by atoms with Crippen molar-refractivity contribution in [1.29, 1.82) is 0 Å². The Bertz CT molecular complexity index is 1290. The molecule has 8 nitrogen and oxygen atoms in total. The van der Waals surface area contributed by atoms with Crippen LogP contribution in [0.5, 0.6) is 0 Å². The lowest BCUT2D eigenvalue weighted by Gasteiger charge is -2.21. The van der Waals surface area contributed by atoms with Gasteiger partial charge in [-0.3, -0.25) is 9.69 Å². The smallest absolute Gasteiger partial charge is 0.231 e. The van der Waals surface area contributed by atoms with Crippen LogP contribution in [0.4, 0.5) is 14.6 Å². The second-order valence-electron chi connectivity index (χ2n) is 10.6. The first-order chi connectivity index (χ1) is 18.1. The van der Waals surface area contributed by atoms with Crippen molar-refractivity contribution in [2.45, 2.75) is 51.7 Å². The summed E-state index contributed by atoms with van der Waals surface area (Å²) in [6.07, 6.45) is 4.51. The summed E-state index contributed by atoms with van der Waals surface area (Å²) in [6, 6.07) is 5.02. The summed E-state index contributed by atoms with van der Waals surface area (Å²) in [7, 11) is -1.32. The number of aldehydes is 1. The van der Waals surface area contributed by atoms with E-state index in [9.17, 15) is 18.4 Å². The number of carbonyl (C=O) groups excluding carboxylic acids is 2. The summed E-state index contributed by atoms with van der Waals surface area (Å²) in [4.78, 5) is 26.9. The maximum absolute atomic E-state index is 14.0. The molecule has 38 heavy (non-hydrogen) atoms. The van der Waals surface area contributed by atoms with Crippen LogP contribution in [0.2, 0.25) is 30.7 Å². The van der Waals surface area contributed by atoms with Crippen LogP contribution in [0.3, 0.4) is 0 Å². The monoisotopic (exact) mass is 561 g/mol. The van der Waals surface area contributed by atoms with Crippen LogP contribution < -0.4 is 4.90 Å². The Morgan fingerprint density at radius 2 is 1.95 bits per heavy atom. The number of carbonyl (C=O) groups is 2. The molecular formula is C26H30ClF2N5O3Si. The highest BCUT2D eigenvalue weighted by atomic mass is 35.5. The molecule has 1 aliphatic rings. The fourth-order valence-electron chi connectivity index (χ4n) is 4.49. The highest BCUT2D eigenvalue weighted by Gasteiger charge is 2.37. The lowest BCUT2D eigenvalue weighted by molar-refractivity contribution is -0.120. The number of nitrogens with zero attached hydrogens (tertiary/aromatic N) is 5. The molecule has 0 aliphatic carbocycles. The Kier molecular flexibility index (Phi) is 8.69. The van der Waals surface area contributed by atoms with E-state index in [0.29, 0.717) is 47.8 Å². The van der Waals surface area contributed by atoms with Gasteiger partial charge in [-0.25, -0.2) is 13.5 Å². The van der Waals surface area contributed by atoms with E-state index in [1.807, 2.05) is 0 Å². The molecular weight excluding hydrogens is 532 g/mol. The molecule has 1 atom stereocenters. The Balaban J connectivity index is 1.66. The van der Waals surface area contributed by atoms with Gasteiger partial charge < -0.3 is 9.53 Å². The standard InChI is InChI=1S/C26H30ClF2N5O3Si/c1-38(2,3)11-10-37-16-34-25(20(6-9-35)24(32-34)19-4-7-30-31-15-19)33-8-5-18(26(33)36)12-17-13-21(28)23(27)22(29)14-17/h4,7,9,13-15,18H,5-6,8,10-12,16H2,1-3H3. The minimum absolute atomic E-state index is 0.0317. The van der Waals surface area contributed by atoms with Gasteiger partial charge >= 0.3 is 0 Å². The second kappa shape index (κ2) is 11.8. The first-order valence-corrected chi connectivity index (χ1v) is 16.5. The third-order valence-corrected chi connectivity index (χ3v) is 8.54. The topological polar surface area (TPSA) is 90.2 Å². The number of hydrogen-bond donors (Lipinski definition) is 0. The fourth-order valence-corrected chi connectivity index (χ4v) is 5.36. The van der Waals surface area contributed by atoms with Gasteiger partial charge in [0.05, 0.1) is 18.1 Å². The van der Waals surface area contributed by atoms with Gasteiger partial charge in [0.2, 0.25) is 5.91 Å². The van der Waals surface area contributed by atoms with Crippen molar-refractivity contribution in [3.63, 3.8) is 0 Å². The zero-order valence-corrected chi connectivity index (χ0v) is 23.3. The van der Waals surface area contributed by atoms with Crippen LogP contribution in [0, 0.1) is 17.6 Å². The van der Waals surface area contributed by atoms with E-state index >= 15 is 0 Å². The molecule has 1 amide bonds. The predicted octanol–water partition coefficient (Wildman–Crippen LogP) is 4.92. The van der Waals surface area contributed by atoms with Gasteiger partial charge in [-0.2, -0.15) is 15.3 Å². The van der Waals surface area contributed by atoms with Crippen molar-refractivity contribution in [2.24, 2.45) is 5.92 Å². The summed E-state index contributed by atoms with van der Waals surface area (Å²) in [5.74, 6) is -1.95. The molecule has 1 saturated heterocycles. The Morgan fingerprint density at radius 1 is 1.21 bits per heavy atom. The van der Waals surface area contributed by atoms with Gasteiger partial charge in [-0.15, -0.1) is 0 Å². The van der Waals surface area contributed by atoms with Gasteiger partial charge in [0, 0.05) is 44.7 Å². The Morgan fingerprint density at radius 3 is 2.58 bits per heavy atom. The van der Waals surface area contributed by atoms with E-state index in [2.05, 4.69) is 29.8 Å². The third kappa shape index (κ3) is 6.33. The normalized spacial score (nSPS) is 15.9. The van der Waals surface area contributed by atoms with E-state index in [4.69, 9.17) is 21.4 Å². The molecule has 12 heteroatoms. The molecule has 1 aromatic carbocycles. The molecule has 1 aliphatic heterocycles. The first-order valence-electron chi connectivity index (χ1n) is 12.4. The highest BCUT2D eigenvalue weighted by molar-refractivity contribution is 6.76. The second-order valence-corrected chi connectivity index (χ2v) is 16.6. The number of halogens is 3. The lowest BCUT2D eigenvalue weighted by Crippen LogP contribution is -2.31. The van der Waals surface area contributed by atoms with Crippen LogP contribution in [0.25, 0.3) is 11.3 Å². The molecule has 2 aromatic heterocycles. The summed E-state index contributed by atoms with van der Waals surface area (Å²) >= 11 is 5.61.